The van der Waals surface area contributed by atoms with E-state index in [-0.39, 0.29) is 37.9 Å². The van der Waals surface area contributed by atoms with Gasteiger partial charge in [0.2, 0.25) is 12.0 Å². The third kappa shape index (κ3) is 10.3. The van der Waals surface area contributed by atoms with E-state index >= 15 is 0 Å². The zero-order valence-corrected chi connectivity index (χ0v) is 37.4. The van der Waals surface area contributed by atoms with Crippen molar-refractivity contribution >= 4 is 39.1 Å². The van der Waals surface area contributed by atoms with Crippen molar-refractivity contribution < 1.29 is 33.2 Å². The van der Waals surface area contributed by atoms with Gasteiger partial charge in [0.05, 0.1) is 29.3 Å². The molecule has 8 rings (SSSR count). The SMILES string of the molecule is CCOC(=O)[C@@H](Cc1ccccc1OCc1ccnc(-c2cccc(CO)c2)n1)Oc1ncnc2sc(-c3ccc(F)cc3)c(-c3ccc(OCCN4CCN(C)CC4)c(Cl)c3C)c12. The van der Waals surface area contributed by atoms with Crippen LogP contribution < -0.4 is 14.2 Å². The number of fused-ring (bicyclic) bond motifs is 1. The molecule has 15 heteroatoms. The molecule has 1 aliphatic heterocycles. The maximum absolute atomic E-state index is 14.3. The summed E-state index contributed by atoms with van der Waals surface area (Å²) >= 11 is 8.50. The highest BCUT2D eigenvalue weighted by Gasteiger charge is 2.29. The summed E-state index contributed by atoms with van der Waals surface area (Å²) in [5, 5.41) is 10.7. The van der Waals surface area contributed by atoms with Crippen molar-refractivity contribution in [2.24, 2.45) is 0 Å². The number of ether oxygens (including phenoxy) is 4. The molecule has 0 aliphatic carbocycles. The number of hydrogen-bond acceptors (Lipinski definition) is 13. The zero-order valence-electron chi connectivity index (χ0n) is 35.8. The molecule has 12 nitrogen and oxygen atoms in total. The lowest BCUT2D eigenvalue weighted by atomic mass is 9.96. The number of para-hydroxylation sites is 1. The van der Waals surface area contributed by atoms with Gasteiger partial charge in [-0.2, -0.15) is 0 Å². The summed E-state index contributed by atoms with van der Waals surface area (Å²) in [6, 6.07) is 26.7. The number of likely N-dealkylation sites (N-methyl/N-ethyl adjacent to an activating group) is 1. The Bertz CT molecular complexity index is 2730. The van der Waals surface area contributed by atoms with Gasteiger partial charge in [0.1, 0.15) is 41.7 Å². The number of aromatic nitrogens is 4. The monoisotopic (exact) mass is 902 g/mol. The van der Waals surface area contributed by atoms with Gasteiger partial charge in [-0.25, -0.2) is 29.1 Å². The van der Waals surface area contributed by atoms with E-state index in [4.69, 9.17) is 35.5 Å². The van der Waals surface area contributed by atoms with E-state index in [2.05, 4.69) is 31.8 Å². The van der Waals surface area contributed by atoms with Crippen LogP contribution >= 0.6 is 22.9 Å². The Morgan fingerprint density at radius 3 is 2.53 bits per heavy atom. The summed E-state index contributed by atoms with van der Waals surface area (Å²) in [5.41, 5.74) is 5.89. The molecule has 0 saturated carbocycles. The van der Waals surface area contributed by atoms with Crippen LogP contribution in [0.3, 0.4) is 0 Å². The molecule has 0 spiro atoms. The summed E-state index contributed by atoms with van der Waals surface area (Å²) in [4.78, 5) is 38.3. The minimum Gasteiger partial charge on any atom is -0.491 e. The number of benzene rings is 4. The fourth-order valence-corrected chi connectivity index (χ4v) is 8.96. The zero-order chi connectivity index (χ0) is 44.6. The Labute approximate surface area is 380 Å². The van der Waals surface area contributed by atoms with Crippen molar-refractivity contribution in [3.05, 3.63) is 137 Å². The normalized spacial score (nSPS) is 13.8. The standard InChI is InChI=1S/C49H48ClFN6O6S/c1-4-60-49(59)41(27-34-9-5-6-11-39(34)62-29-37-18-19-52-46(55-37)35-10-7-8-32(26-35)28-58)63-47-43-42(45(64-48(43)54-30-53-47)33-12-14-36(51)15-13-33)38-16-17-40(44(50)31(38)2)61-25-24-57-22-20-56(3)21-23-57/h5-19,26,30,41,58H,4,20-25,27-29H2,1-3H3/t41-/m1/s1. The predicted octanol–water partition coefficient (Wildman–Crippen LogP) is 8.83. The second kappa shape index (κ2) is 20.6. The van der Waals surface area contributed by atoms with E-state index in [0.717, 1.165) is 71.0 Å². The minimum atomic E-state index is -1.14. The molecule has 1 fully saturated rings. The predicted molar refractivity (Wildman–Crippen MR) is 246 cm³/mol. The average molecular weight is 903 g/mol. The highest BCUT2D eigenvalue weighted by Crippen LogP contribution is 2.49. The third-order valence-corrected chi connectivity index (χ3v) is 12.7. The molecular formula is C49H48ClFN6O6S. The smallest absolute Gasteiger partial charge is 0.347 e. The molecule has 4 aromatic carbocycles. The van der Waals surface area contributed by atoms with Gasteiger partial charge in [-0.05, 0) is 85.1 Å². The Kier molecular flexibility index (Phi) is 14.4. The molecule has 7 aromatic rings. The number of halogens is 2. The van der Waals surface area contributed by atoms with Gasteiger partial charge in [0.15, 0.2) is 5.82 Å². The molecule has 1 atom stereocenters. The summed E-state index contributed by atoms with van der Waals surface area (Å²) in [6.07, 6.45) is 2.01. The van der Waals surface area contributed by atoms with Crippen LogP contribution in [0, 0.1) is 12.7 Å². The van der Waals surface area contributed by atoms with Crippen LogP contribution in [0.1, 0.15) is 29.3 Å². The van der Waals surface area contributed by atoms with Crippen molar-refractivity contribution in [2.45, 2.75) is 39.6 Å². The molecule has 64 heavy (non-hydrogen) atoms. The lowest BCUT2D eigenvalue weighted by Gasteiger charge is -2.32. The average Bonchev–Trinajstić information content (AvgIpc) is 3.71. The molecule has 1 saturated heterocycles. The van der Waals surface area contributed by atoms with Crippen LogP contribution in [-0.2, 0) is 29.2 Å². The van der Waals surface area contributed by atoms with Crippen molar-refractivity contribution in [1.82, 2.24) is 29.7 Å². The molecule has 4 heterocycles. The van der Waals surface area contributed by atoms with E-state index in [1.807, 2.05) is 67.6 Å². The fraction of sp³-hybridized carbons (Fsp3) is 0.286. The van der Waals surface area contributed by atoms with Crippen LogP contribution in [-0.4, -0.2) is 99.9 Å². The molecule has 0 radical (unpaired) electrons. The van der Waals surface area contributed by atoms with Crippen molar-refractivity contribution in [3.63, 3.8) is 0 Å². The van der Waals surface area contributed by atoms with E-state index < -0.39 is 12.1 Å². The number of rotatable bonds is 17. The summed E-state index contributed by atoms with van der Waals surface area (Å²) in [7, 11) is 2.13. The maximum atomic E-state index is 14.3. The Balaban J connectivity index is 1.10. The number of aliphatic hydroxyl groups excluding tert-OH is 1. The number of carbonyl (C=O) groups is 1. The third-order valence-electron chi connectivity index (χ3n) is 11.1. The first-order valence-corrected chi connectivity index (χ1v) is 22.3. The summed E-state index contributed by atoms with van der Waals surface area (Å²) in [5.74, 6) is 0.835. The second-order valence-corrected chi connectivity index (χ2v) is 16.8. The quantitative estimate of drug-likeness (QED) is 0.0877. The number of esters is 1. The van der Waals surface area contributed by atoms with Crippen LogP contribution in [0.4, 0.5) is 4.39 Å². The molecule has 330 valence electrons. The van der Waals surface area contributed by atoms with Crippen molar-refractivity contribution in [2.75, 3.05) is 53.0 Å². The number of carbonyl (C=O) groups excluding carboxylic acids is 1. The number of hydrogen-bond donors (Lipinski definition) is 1. The molecule has 1 N–H and O–H groups in total. The first kappa shape index (κ1) is 44.6. The van der Waals surface area contributed by atoms with Gasteiger partial charge in [0, 0.05) is 61.3 Å². The lowest BCUT2D eigenvalue weighted by molar-refractivity contribution is -0.151. The van der Waals surface area contributed by atoms with Crippen LogP contribution in [0.2, 0.25) is 5.02 Å². The van der Waals surface area contributed by atoms with Crippen molar-refractivity contribution in [1.29, 1.82) is 0 Å². The summed E-state index contributed by atoms with van der Waals surface area (Å²) in [6.45, 7) is 9.13. The Morgan fingerprint density at radius 2 is 1.73 bits per heavy atom. The van der Waals surface area contributed by atoms with Gasteiger partial charge in [-0.3, -0.25) is 4.90 Å². The van der Waals surface area contributed by atoms with Crippen LogP contribution in [0.15, 0.2) is 104 Å². The maximum Gasteiger partial charge on any atom is 0.347 e. The largest absolute Gasteiger partial charge is 0.491 e. The topological polar surface area (TPSA) is 132 Å². The first-order chi connectivity index (χ1) is 31.2. The summed E-state index contributed by atoms with van der Waals surface area (Å²) < 4.78 is 39.1. The van der Waals surface area contributed by atoms with Gasteiger partial charge in [-0.15, -0.1) is 11.3 Å². The first-order valence-electron chi connectivity index (χ1n) is 21.1. The van der Waals surface area contributed by atoms with Gasteiger partial charge >= 0.3 is 5.97 Å². The Morgan fingerprint density at radius 1 is 0.922 bits per heavy atom. The van der Waals surface area contributed by atoms with Gasteiger partial charge < -0.3 is 29.0 Å². The van der Waals surface area contributed by atoms with Crippen LogP contribution in [0.25, 0.3) is 43.2 Å². The van der Waals surface area contributed by atoms with Crippen molar-refractivity contribution in [3.8, 4) is 50.3 Å². The lowest BCUT2D eigenvalue weighted by Crippen LogP contribution is -2.45. The molecule has 0 amide bonds. The number of thiophene rings is 1. The molecular weight excluding hydrogens is 855 g/mol. The highest BCUT2D eigenvalue weighted by atomic mass is 35.5. The van der Waals surface area contributed by atoms with E-state index in [0.29, 0.717) is 50.4 Å². The highest BCUT2D eigenvalue weighted by molar-refractivity contribution is 7.22. The molecule has 0 unspecified atom stereocenters. The fourth-order valence-electron chi connectivity index (χ4n) is 7.59. The molecule has 3 aromatic heterocycles. The Hall–Kier alpha value is -6.03. The van der Waals surface area contributed by atoms with E-state index in [1.165, 1.54) is 29.8 Å². The van der Waals surface area contributed by atoms with Gasteiger partial charge in [0.25, 0.3) is 0 Å². The van der Waals surface area contributed by atoms with Gasteiger partial charge in [-0.1, -0.05) is 66.2 Å². The van der Waals surface area contributed by atoms with E-state index in [9.17, 15) is 14.3 Å². The van der Waals surface area contributed by atoms with E-state index in [1.54, 1.807) is 31.3 Å². The second-order valence-electron chi connectivity index (χ2n) is 15.4. The number of piperazine rings is 1. The molecule has 0 bridgehead atoms. The number of nitrogens with zero attached hydrogens (tertiary/aromatic N) is 6. The number of aliphatic hydroxyl groups is 1. The molecule has 1 aliphatic rings. The van der Waals surface area contributed by atoms with Crippen LogP contribution in [0.5, 0.6) is 17.4 Å². The minimum absolute atomic E-state index is 0.0821.